The van der Waals surface area contributed by atoms with E-state index in [1.165, 1.54) is 11.6 Å². The van der Waals surface area contributed by atoms with Gasteiger partial charge >= 0.3 is 0 Å². The molecule has 1 aliphatic carbocycles. The number of hydrazine groups is 1. The Bertz CT molecular complexity index is 1010. The van der Waals surface area contributed by atoms with E-state index >= 15 is 0 Å². The van der Waals surface area contributed by atoms with Gasteiger partial charge in [-0.15, -0.1) is 0 Å². The van der Waals surface area contributed by atoms with Crippen molar-refractivity contribution in [2.24, 2.45) is 0 Å². The van der Waals surface area contributed by atoms with E-state index in [4.69, 9.17) is 0 Å². The molecule has 1 unspecified atom stereocenters. The molecule has 2 aliphatic heterocycles. The second-order valence-corrected chi connectivity index (χ2v) is 8.89. The predicted octanol–water partition coefficient (Wildman–Crippen LogP) is 4.70. The molecular weight excluding hydrogens is 339 g/mol. The Morgan fingerprint density at radius 1 is 1.04 bits per heavy atom. The number of nitrogens with zero attached hydrogens (tertiary/aromatic N) is 2. The van der Waals surface area contributed by atoms with E-state index in [1.54, 1.807) is 6.07 Å². The first kappa shape index (κ1) is 16.7. The van der Waals surface area contributed by atoms with Crippen LogP contribution < -0.4 is 0 Å². The number of hydrogen-bond donors (Lipinski definition) is 0. The molecule has 138 valence electrons. The zero-order valence-electron chi connectivity index (χ0n) is 16.1. The lowest BCUT2D eigenvalue weighted by Crippen LogP contribution is -2.49. The van der Waals surface area contributed by atoms with Crippen LogP contribution in [-0.4, -0.2) is 27.0 Å². The van der Waals surface area contributed by atoms with Gasteiger partial charge in [0.2, 0.25) is 5.91 Å². The van der Waals surface area contributed by atoms with E-state index in [1.807, 2.05) is 29.3 Å². The summed E-state index contributed by atoms with van der Waals surface area (Å²) in [7, 11) is 0. The third-order valence-corrected chi connectivity index (χ3v) is 6.27. The third kappa shape index (κ3) is 2.02. The maximum Gasteiger partial charge on any atom is 0.239 e. The molecule has 0 aromatic heterocycles. The number of benzene rings is 2. The molecule has 2 fully saturated rings. The Balaban J connectivity index is 1.86. The number of halogens is 1. The maximum atomic E-state index is 14.2. The van der Waals surface area contributed by atoms with Gasteiger partial charge in [0.1, 0.15) is 5.82 Å². The van der Waals surface area contributed by atoms with Crippen molar-refractivity contribution in [3.8, 4) is 0 Å². The summed E-state index contributed by atoms with van der Waals surface area (Å²) < 4.78 is 14.2. The molecule has 27 heavy (non-hydrogen) atoms. The van der Waals surface area contributed by atoms with Crippen LogP contribution in [0.1, 0.15) is 56.8 Å². The zero-order chi connectivity index (χ0) is 19.1. The van der Waals surface area contributed by atoms with Crippen molar-refractivity contribution in [2.45, 2.75) is 51.2 Å². The number of rotatable bonds is 1. The maximum absolute atomic E-state index is 14.2. The van der Waals surface area contributed by atoms with E-state index in [-0.39, 0.29) is 23.3 Å². The molecule has 0 bridgehead atoms. The number of carbonyl (C=O) groups excluding carboxylic acids is 1. The minimum Gasteiger partial charge on any atom is -0.273 e. The van der Waals surface area contributed by atoms with Crippen LogP contribution in [0.15, 0.2) is 54.1 Å². The van der Waals surface area contributed by atoms with Crippen molar-refractivity contribution in [3.63, 3.8) is 0 Å². The van der Waals surface area contributed by atoms with Gasteiger partial charge in [0.25, 0.3) is 0 Å². The molecule has 1 amide bonds. The molecule has 3 nitrogen and oxygen atoms in total. The van der Waals surface area contributed by atoms with Crippen LogP contribution in [0.4, 0.5) is 4.39 Å². The lowest BCUT2D eigenvalue weighted by atomic mass is 9.85. The third-order valence-electron chi connectivity index (χ3n) is 6.27. The Morgan fingerprint density at radius 2 is 1.74 bits per heavy atom. The van der Waals surface area contributed by atoms with Crippen molar-refractivity contribution in [2.75, 3.05) is 0 Å². The van der Waals surface area contributed by atoms with Crippen LogP contribution in [0.25, 0.3) is 5.57 Å². The molecule has 1 atom stereocenters. The van der Waals surface area contributed by atoms with Gasteiger partial charge in [-0.3, -0.25) is 9.80 Å². The Labute approximate surface area is 159 Å². The zero-order valence-corrected chi connectivity index (χ0v) is 16.1. The highest BCUT2D eigenvalue weighted by Gasteiger charge is 2.63. The second-order valence-electron chi connectivity index (χ2n) is 8.89. The van der Waals surface area contributed by atoms with Crippen molar-refractivity contribution in [3.05, 3.63) is 76.6 Å². The largest absolute Gasteiger partial charge is 0.273 e. The van der Waals surface area contributed by atoms with E-state index in [0.717, 1.165) is 22.3 Å². The average molecular weight is 362 g/mol. The van der Waals surface area contributed by atoms with Gasteiger partial charge < -0.3 is 0 Å². The predicted molar refractivity (Wildman–Crippen MR) is 103 cm³/mol. The quantitative estimate of drug-likeness (QED) is 0.734. The van der Waals surface area contributed by atoms with E-state index in [2.05, 4.69) is 44.8 Å². The van der Waals surface area contributed by atoms with Gasteiger partial charge in [-0.2, -0.15) is 0 Å². The van der Waals surface area contributed by atoms with Gasteiger partial charge in [-0.25, -0.2) is 9.40 Å². The van der Waals surface area contributed by atoms with E-state index < -0.39 is 5.54 Å². The van der Waals surface area contributed by atoms with Crippen LogP contribution in [0.3, 0.4) is 0 Å². The standard InChI is InChI=1S/C23H23FN2O/c1-22(2)13-18(27)25-23(3,4)20-19(14-8-6-5-7-9-14)17-12-15(24)10-11-16(17)21(20)26(22)25/h5-12,21H,13H2,1-4H3. The van der Waals surface area contributed by atoms with Crippen molar-refractivity contribution < 1.29 is 9.18 Å². The molecular formula is C23H23FN2O. The van der Waals surface area contributed by atoms with Crippen LogP contribution in [0.5, 0.6) is 0 Å². The molecule has 0 spiro atoms. The van der Waals surface area contributed by atoms with Crippen LogP contribution >= 0.6 is 0 Å². The fourth-order valence-electron chi connectivity index (χ4n) is 5.31. The van der Waals surface area contributed by atoms with Gasteiger partial charge in [-0.1, -0.05) is 36.4 Å². The molecule has 2 aromatic carbocycles. The van der Waals surface area contributed by atoms with Gasteiger partial charge in [0.15, 0.2) is 0 Å². The fraction of sp³-hybridized carbons (Fsp3) is 0.348. The molecule has 2 heterocycles. The molecule has 2 aromatic rings. The summed E-state index contributed by atoms with van der Waals surface area (Å²) in [4.78, 5) is 12.9. The van der Waals surface area contributed by atoms with Crippen LogP contribution in [-0.2, 0) is 4.79 Å². The summed E-state index contributed by atoms with van der Waals surface area (Å²) in [6, 6.07) is 15.2. The summed E-state index contributed by atoms with van der Waals surface area (Å²) >= 11 is 0. The average Bonchev–Trinajstić information content (AvgIpc) is 3.14. The molecule has 0 N–H and O–H groups in total. The highest BCUT2D eigenvalue weighted by Crippen LogP contribution is 2.61. The first-order chi connectivity index (χ1) is 12.7. The summed E-state index contributed by atoms with van der Waals surface area (Å²) in [5.74, 6) is -0.0721. The summed E-state index contributed by atoms with van der Waals surface area (Å²) in [6.45, 7) is 8.46. The topological polar surface area (TPSA) is 23.6 Å². The number of amides is 1. The molecule has 4 heteroatoms. The lowest BCUT2D eigenvalue weighted by molar-refractivity contribution is -0.145. The molecule has 0 radical (unpaired) electrons. The minimum absolute atomic E-state index is 0.0349. The van der Waals surface area contributed by atoms with Gasteiger partial charge in [-0.05, 0) is 67.7 Å². The Morgan fingerprint density at radius 3 is 2.44 bits per heavy atom. The van der Waals surface area contributed by atoms with Gasteiger partial charge in [0.05, 0.1) is 11.6 Å². The van der Waals surface area contributed by atoms with Gasteiger partial charge in [0, 0.05) is 12.0 Å². The lowest BCUT2D eigenvalue weighted by Gasteiger charge is -2.38. The van der Waals surface area contributed by atoms with Crippen molar-refractivity contribution >= 4 is 11.5 Å². The summed E-state index contributed by atoms with van der Waals surface area (Å²) in [5.41, 5.74) is 4.62. The van der Waals surface area contributed by atoms with Crippen molar-refractivity contribution in [1.82, 2.24) is 10.0 Å². The van der Waals surface area contributed by atoms with Crippen LogP contribution in [0.2, 0.25) is 0 Å². The fourth-order valence-corrected chi connectivity index (χ4v) is 5.31. The van der Waals surface area contributed by atoms with E-state index in [0.29, 0.717) is 6.42 Å². The Kier molecular flexibility index (Phi) is 3.14. The summed E-state index contributed by atoms with van der Waals surface area (Å²) in [5, 5.41) is 4.18. The molecule has 5 rings (SSSR count). The highest BCUT2D eigenvalue weighted by atomic mass is 19.1. The second kappa shape index (κ2) is 5.08. The number of carbonyl (C=O) groups is 1. The first-order valence-corrected chi connectivity index (χ1v) is 9.46. The first-order valence-electron chi connectivity index (χ1n) is 9.46. The normalized spacial score (nSPS) is 25.0. The SMILES string of the molecule is CC1(C)CC(=O)N2N1C1C(=C(c3ccccc3)c3cc(F)ccc31)C2(C)C. The monoisotopic (exact) mass is 362 g/mol. The molecule has 0 saturated carbocycles. The van der Waals surface area contributed by atoms with Crippen LogP contribution in [0, 0.1) is 5.82 Å². The van der Waals surface area contributed by atoms with E-state index in [9.17, 15) is 9.18 Å². The number of hydrogen-bond acceptors (Lipinski definition) is 2. The Hall–Kier alpha value is -2.46. The minimum atomic E-state index is -0.462. The number of fused-ring (bicyclic) bond motifs is 5. The molecule has 3 aliphatic rings. The highest BCUT2D eigenvalue weighted by molar-refractivity contribution is 5.93. The summed E-state index contributed by atoms with van der Waals surface area (Å²) in [6.07, 6.45) is 0.497. The molecule has 2 saturated heterocycles. The van der Waals surface area contributed by atoms with Crippen molar-refractivity contribution in [1.29, 1.82) is 0 Å². The smallest absolute Gasteiger partial charge is 0.239 e.